The second-order valence-electron chi connectivity index (χ2n) is 5.89. The van der Waals surface area contributed by atoms with Crippen LogP contribution < -0.4 is 5.32 Å². The molecule has 2 heterocycles. The van der Waals surface area contributed by atoms with Gasteiger partial charge in [-0.3, -0.25) is 9.48 Å². The fourth-order valence-corrected chi connectivity index (χ4v) is 4.10. The first kappa shape index (κ1) is 16.1. The number of amides is 1. The number of hydrogen-bond acceptors (Lipinski definition) is 3. The molecule has 1 aromatic heterocycles. The van der Waals surface area contributed by atoms with Crippen molar-refractivity contribution in [1.82, 2.24) is 15.1 Å². The quantitative estimate of drug-likeness (QED) is 0.939. The Balaban J connectivity index is 1.75. The molecule has 0 saturated carbocycles. The standard InChI is InChI=1S/C17H20FN3OS/c1-10-13(11(2)21(3)20-10)9-17(22)19-15-6-7-23-16-5-4-12(18)8-14(15)16/h4-5,8,15H,6-7,9H2,1-3H3,(H,19,22). The van der Waals surface area contributed by atoms with Gasteiger partial charge in [0, 0.05) is 29.0 Å². The summed E-state index contributed by atoms with van der Waals surface area (Å²) in [6.07, 6.45) is 1.12. The first-order valence-electron chi connectivity index (χ1n) is 7.66. The smallest absolute Gasteiger partial charge is 0.225 e. The molecule has 3 rings (SSSR count). The van der Waals surface area contributed by atoms with Crippen molar-refractivity contribution in [2.24, 2.45) is 7.05 Å². The van der Waals surface area contributed by atoms with E-state index < -0.39 is 0 Å². The zero-order valence-corrected chi connectivity index (χ0v) is 14.3. The molecule has 1 aliphatic heterocycles. The minimum Gasteiger partial charge on any atom is -0.349 e. The van der Waals surface area contributed by atoms with E-state index in [1.165, 1.54) is 12.1 Å². The summed E-state index contributed by atoms with van der Waals surface area (Å²) in [4.78, 5) is 13.5. The summed E-state index contributed by atoms with van der Waals surface area (Å²) in [5.41, 5.74) is 3.73. The van der Waals surface area contributed by atoms with Gasteiger partial charge in [-0.1, -0.05) is 0 Å². The molecule has 0 spiro atoms. The fraction of sp³-hybridized carbons (Fsp3) is 0.412. The Bertz CT molecular complexity index is 757. The van der Waals surface area contributed by atoms with Crippen molar-refractivity contribution >= 4 is 17.7 Å². The molecule has 1 amide bonds. The Hall–Kier alpha value is -1.82. The fourth-order valence-electron chi connectivity index (χ4n) is 2.99. The van der Waals surface area contributed by atoms with E-state index in [9.17, 15) is 9.18 Å². The zero-order valence-electron chi connectivity index (χ0n) is 13.5. The molecule has 0 bridgehead atoms. The van der Waals surface area contributed by atoms with Crippen LogP contribution in [0.15, 0.2) is 23.1 Å². The van der Waals surface area contributed by atoms with Gasteiger partial charge in [0.2, 0.25) is 5.91 Å². The molecule has 0 aliphatic carbocycles. The Kier molecular flexibility index (Phi) is 4.43. The number of nitrogens with zero attached hydrogens (tertiary/aromatic N) is 2. The third-order valence-electron chi connectivity index (χ3n) is 4.34. The number of fused-ring (bicyclic) bond motifs is 1. The van der Waals surface area contributed by atoms with Gasteiger partial charge in [0.1, 0.15) is 5.82 Å². The molecular weight excluding hydrogens is 313 g/mol. The third-order valence-corrected chi connectivity index (χ3v) is 5.47. The van der Waals surface area contributed by atoms with Crippen LogP contribution in [0, 0.1) is 19.7 Å². The van der Waals surface area contributed by atoms with Crippen LogP contribution in [-0.2, 0) is 18.3 Å². The van der Waals surface area contributed by atoms with Crippen molar-refractivity contribution in [2.75, 3.05) is 5.75 Å². The topological polar surface area (TPSA) is 46.9 Å². The van der Waals surface area contributed by atoms with Gasteiger partial charge in [0.05, 0.1) is 18.2 Å². The number of benzene rings is 1. The number of aryl methyl sites for hydroxylation is 2. The Morgan fingerprint density at radius 3 is 2.96 bits per heavy atom. The van der Waals surface area contributed by atoms with E-state index in [1.807, 2.05) is 20.9 Å². The van der Waals surface area contributed by atoms with E-state index in [4.69, 9.17) is 0 Å². The highest BCUT2D eigenvalue weighted by molar-refractivity contribution is 7.99. The van der Waals surface area contributed by atoms with Crippen LogP contribution >= 0.6 is 11.8 Å². The Morgan fingerprint density at radius 1 is 1.48 bits per heavy atom. The Morgan fingerprint density at radius 2 is 2.26 bits per heavy atom. The van der Waals surface area contributed by atoms with Crippen LogP contribution in [0.25, 0.3) is 0 Å². The maximum absolute atomic E-state index is 13.5. The lowest BCUT2D eigenvalue weighted by molar-refractivity contribution is -0.121. The zero-order chi connectivity index (χ0) is 16.6. The lowest BCUT2D eigenvalue weighted by atomic mass is 10.0. The lowest BCUT2D eigenvalue weighted by Crippen LogP contribution is -2.32. The molecule has 1 aliphatic rings. The number of aromatic nitrogens is 2. The molecule has 0 saturated heterocycles. The molecule has 23 heavy (non-hydrogen) atoms. The molecule has 6 heteroatoms. The van der Waals surface area contributed by atoms with Gasteiger partial charge in [-0.25, -0.2) is 4.39 Å². The van der Waals surface area contributed by atoms with E-state index >= 15 is 0 Å². The molecule has 1 atom stereocenters. The second-order valence-corrected chi connectivity index (χ2v) is 7.03. The first-order valence-corrected chi connectivity index (χ1v) is 8.65. The molecule has 4 nitrogen and oxygen atoms in total. The van der Waals surface area contributed by atoms with Crippen molar-refractivity contribution < 1.29 is 9.18 Å². The summed E-state index contributed by atoms with van der Waals surface area (Å²) < 4.78 is 15.3. The summed E-state index contributed by atoms with van der Waals surface area (Å²) >= 11 is 1.71. The number of hydrogen-bond donors (Lipinski definition) is 1. The van der Waals surface area contributed by atoms with E-state index in [0.29, 0.717) is 6.42 Å². The third kappa shape index (κ3) is 3.27. The highest BCUT2D eigenvalue weighted by atomic mass is 32.2. The van der Waals surface area contributed by atoms with Gasteiger partial charge in [0.15, 0.2) is 0 Å². The largest absolute Gasteiger partial charge is 0.349 e. The molecule has 1 N–H and O–H groups in total. The van der Waals surface area contributed by atoms with Crippen LogP contribution in [0.3, 0.4) is 0 Å². The minimum atomic E-state index is -0.260. The number of carbonyl (C=O) groups excluding carboxylic acids is 1. The van der Waals surface area contributed by atoms with Crippen LogP contribution in [0.1, 0.15) is 35.0 Å². The SMILES string of the molecule is Cc1nn(C)c(C)c1CC(=O)NC1CCSc2ccc(F)cc21. The summed E-state index contributed by atoms with van der Waals surface area (Å²) in [6, 6.07) is 4.68. The molecule has 2 aromatic rings. The van der Waals surface area contributed by atoms with E-state index in [1.54, 1.807) is 22.5 Å². The Labute approximate surface area is 139 Å². The average Bonchev–Trinajstić information content (AvgIpc) is 2.74. The van der Waals surface area contributed by atoms with Crippen LogP contribution in [-0.4, -0.2) is 21.4 Å². The predicted octanol–water partition coefficient (Wildman–Crippen LogP) is 3.07. The lowest BCUT2D eigenvalue weighted by Gasteiger charge is -2.26. The van der Waals surface area contributed by atoms with E-state index in [0.717, 1.165) is 39.6 Å². The number of halogens is 1. The normalized spacial score (nSPS) is 17.0. The maximum atomic E-state index is 13.5. The van der Waals surface area contributed by atoms with E-state index in [-0.39, 0.29) is 17.8 Å². The molecule has 1 aromatic carbocycles. The molecule has 122 valence electrons. The van der Waals surface area contributed by atoms with Crippen molar-refractivity contribution in [2.45, 2.75) is 37.6 Å². The van der Waals surface area contributed by atoms with Crippen LogP contribution in [0.2, 0.25) is 0 Å². The van der Waals surface area contributed by atoms with Gasteiger partial charge in [-0.15, -0.1) is 11.8 Å². The maximum Gasteiger partial charge on any atom is 0.225 e. The molecule has 0 fully saturated rings. The number of thioether (sulfide) groups is 1. The minimum absolute atomic E-state index is 0.0451. The van der Waals surface area contributed by atoms with Crippen molar-refractivity contribution in [3.63, 3.8) is 0 Å². The highest BCUT2D eigenvalue weighted by Gasteiger charge is 2.23. The van der Waals surface area contributed by atoms with Gasteiger partial charge in [-0.05, 0) is 44.0 Å². The summed E-state index contributed by atoms with van der Waals surface area (Å²) in [7, 11) is 1.88. The number of rotatable bonds is 3. The summed E-state index contributed by atoms with van der Waals surface area (Å²) in [5.74, 6) is 0.620. The van der Waals surface area contributed by atoms with Crippen LogP contribution in [0.4, 0.5) is 4.39 Å². The van der Waals surface area contributed by atoms with Gasteiger partial charge < -0.3 is 5.32 Å². The van der Waals surface area contributed by atoms with Crippen LogP contribution in [0.5, 0.6) is 0 Å². The monoisotopic (exact) mass is 333 g/mol. The average molecular weight is 333 g/mol. The molecule has 1 unspecified atom stereocenters. The second kappa shape index (κ2) is 6.35. The molecular formula is C17H20FN3OS. The van der Waals surface area contributed by atoms with Crippen molar-refractivity contribution in [3.05, 3.63) is 46.5 Å². The van der Waals surface area contributed by atoms with Crippen molar-refractivity contribution in [3.8, 4) is 0 Å². The summed E-state index contributed by atoms with van der Waals surface area (Å²) in [6.45, 7) is 3.88. The molecule has 0 radical (unpaired) electrons. The number of carbonyl (C=O) groups is 1. The summed E-state index contributed by atoms with van der Waals surface area (Å²) in [5, 5.41) is 7.40. The van der Waals surface area contributed by atoms with Gasteiger partial charge in [0.25, 0.3) is 0 Å². The van der Waals surface area contributed by atoms with Crippen molar-refractivity contribution in [1.29, 1.82) is 0 Å². The number of nitrogens with one attached hydrogen (secondary N) is 1. The predicted molar refractivity (Wildman–Crippen MR) is 89.0 cm³/mol. The van der Waals surface area contributed by atoms with Gasteiger partial charge in [-0.2, -0.15) is 5.10 Å². The first-order chi connectivity index (χ1) is 11.0. The highest BCUT2D eigenvalue weighted by Crippen LogP contribution is 2.36. The van der Waals surface area contributed by atoms with Gasteiger partial charge >= 0.3 is 0 Å². The van der Waals surface area contributed by atoms with E-state index in [2.05, 4.69) is 10.4 Å².